The van der Waals surface area contributed by atoms with Crippen LogP contribution < -0.4 is 10.6 Å². The Labute approximate surface area is 155 Å². The summed E-state index contributed by atoms with van der Waals surface area (Å²) in [6.07, 6.45) is 0. The smallest absolute Gasteiger partial charge is 0.191 e. The number of ether oxygens (including phenoxy) is 1. The van der Waals surface area contributed by atoms with Crippen molar-refractivity contribution in [3.63, 3.8) is 0 Å². The SMILES string of the molecule is CCNC(=NCC1(C)COC1)NC(C)c1ccccc1Cl.I. The Morgan fingerprint density at radius 1 is 1.41 bits per heavy atom. The summed E-state index contributed by atoms with van der Waals surface area (Å²) in [6, 6.07) is 7.98. The predicted octanol–water partition coefficient (Wildman–Crippen LogP) is 3.61. The van der Waals surface area contributed by atoms with Crippen molar-refractivity contribution in [2.24, 2.45) is 10.4 Å². The van der Waals surface area contributed by atoms with Crippen molar-refractivity contribution in [3.8, 4) is 0 Å². The van der Waals surface area contributed by atoms with Crippen LogP contribution in [0.25, 0.3) is 0 Å². The van der Waals surface area contributed by atoms with Gasteiger partial charge in [0.2, 0.25) is 0 Å². The molecule has 2 N–H and O–H groups in total. The van der Waals surface area contributed by atoms with Crippen LogP contribution in [0.4, 0.5) is 0 Å². The Bertz CT molecular complexity index is 506. The van der Waals surface area contributed by atoms with Crippen molar-refractivity contribution in [1.82, 2.24) is 10.6 Å². The van der Waals surface area contributed by atoms with Gasteiger partial charge in [-0.05, 0) is 25.5 Å². The summed E-state index contributed by atoms with van der Waals surface area (Å²) in [5.41, 5.74) is 1.25. The van der Waals surface area contributed by atoms with Gasteiger partial charge in [0.25, 0.3) is 0 Å². The summed E-state index contributed by atoms with van der Waals surface area (Å²) in [4.78, 5) is 4.67. The Morgan fingerprint density at radius 2 is 2.09 bits per heavy atom. The lowest BCUT2D eigenvalue weighted by molar-refractivity contribution is -0.0945. The van der Waals surface area contributed by atoms with Gasteiger partial charge < -0.3 is 15.4 Å². The van der Waals surface area contributed by atoms with Gasteiger partial charge in [-0.15, -0.1) is 24.0 Å². The fraction of sp³-hybridized carbons (Fsp3) is 0.562. The van der Waals surface area contributed by atoms with E-state index in [9.17, 15) is 0 Å². The zero-order chi connectivity index (χ0) is 15.3. The third kappa shape index (κ3) is 5.28. The number of hydrogen-bond donors (Lipinski definition) is 2. The molecule has 1 unspecified atom stereocenters. The fourth-order valence-electron chi connectivity index (χ4n) is 2.24. The zero-order valence-electron chi connectivity index (χ0n) is 13.4. The first-order chi connectivity index (χ1) is 10.0. The molecule has 124 valence electrons. The Kier molecular flexibility index (Phi) is 7.93. The minimum atomic E-state index is 0. The number of aliphatic imine (C=N–C) groups is 1. The highest BCUT2D eigenvalue weighted by molar-refractivity contribution is 14.0. The topological polar surface area (TPSA) is 45.7 Å². The van der Waals surface area contributed by atoms with E-state index in [1.807, 2.05) is 24.3 Å². The van der Waals surface area contributed by atoms with E-state index in [1.54, 1.807) is 0 Å². The normalized spacial score (nSPS) is 17.9. The summed E-state index contributed by atoms with van der Waals surface area (Å²) in [7, 11) is 0. The molecule has 0 spiro atoms. The van der Waals surface area contributed by atoms with Crippen molar-refractivity contribution in [2.75, 3.05) is 26.3 Å². The number of guanidine groups is 1. The molecule has 22 heavy (non-hydrogen) atoms. The molecule has 0 bridgehead atoms. The second-order valence-corrected chi connectivity index (χ2v) is 6.29. The van der Waals surface area contributed by atoms with E-state index < -0.39 is 0 Å². The average Bonchev–Trinajstić information content (AvgIpc) is 2.43. The highest BCUT2D eigenvalue weighted by atomic mass is 127. The molecule has 1 aliphatic heterocycles. The number of hydrogen-bond acceptors (Lipinski definition) is 2. The molecule has 6 heteroatoms. The Morgan fingerprint density at radius 3 is 2.64 bits per heavy atom. The van der Waals surface area contributed by atoms with Crippen LogP contribution >= 0.6 is 35.6 Å². The van der Waals surface area contributed by atoms with Gasteiger partial charge in [-0.3, -0.25) is 4.99 Å². The quantitative estimate of drug-likeness (QED) is 0.420. The van der Waals surface area contributed by atoms with Crippen molar-refractivity contribution < 1.29 is 4.74 Å². The van der Waals surface area contributed by atoms with Gasteiger partial charge >= 0.3 is 0 Å². The van der Waals surface area contributed by atoms with E-state index in [-0.39, 0.29) is 35.4 Å². The molecule has 0 amide bonds. The first kappa shape index (κ1) is 19.5. The fourth-order valence-corrected chi connectivity index (χ4v) is 2.54. The maximum Gasteiger partial charge on any atom is 0.191 e. The lowest BCUT2D eigenvalue weighted by Crippen LogP contribution is -2.44. The molecular weight excluding hydrogens is 413 g/mol. The third-order valence-electron chi connectivity index (χ3n) is 3.59. The second-order valence-electron chi connectivity index (χ2n) is 5.89. The molecule has 0 aromatic heterocycles. The average molecular weight is 438 g/mol. The predicted molar refractivity (Wildman–Crippen MR) is 103 cm³/mol. The minimum Gasteiger partial charge on any atom is -0.380 e. The van der Waals surface area contributed by atoms with Gasteiger partial charge in [-0.25, -0.2) is 0 Å². The monoisotopic (exact) mass is 437 g/mol. The highest BCUT2D eigenvalue weighted by Gasteiger charge is 2.33. The molecule has 4 nitrogen and oxygen atoms in total. The minimum absolute atomic E-state index is 0. The molecule has 0 saturated carbocycles. The van der Waals surface area contributed by atoms with Crippen molar-refractivity contribution in [3.05, 3.63) is 34.9 Å². The van der Waals surface area contributed by atoms with Crippen LogP contribution in [0, 0.1) is 5.41 Å². The van der Waals surface area contributed by atoms with Crippen molar-refractivity contribution in [2.45, 2.75) is 26.8 Å². The first-order valence-corrected chi connectivity index (χ1v) is 7.79. The summed E-state index contributed by atoms with van der Waals surface area (Å²) >= 11 is 6.24. The van der Waals surface area contributed by atoms with Gasteiger partial charge in [-0.1, -0.05) is 36.7 Å². The molecule has 2 rings (SSSR count). The van der Waals surface area contributed by atoms with Crippen LogP contribution in [0.2, 0.25) is 5.02 Å². The van der Waals surface area contributed by atoms with Crippen molar-refractivity contribution in [1.29, 1.82) is 0 Å². The van der Waals surface area contributed by atoms with E-state index in [2.05, 4.69) is 36.4 Å². The highest BCUT2D eigenvalue weighted by Crippen LogP contribution is 2.26. The molecule has 1 aromatic rings. The van der Waals surface area contributed by atoms with E-state index in [0.717, 1.165) is 42.8 Å². The standard InChI is InChI=1S/C16H24ClN3O.HI/c1-4-18-15(19-9-16(3)10-21-11-16)20-12(2)13-7-5-6-8-14(13)17;/h5-8,12H,4,9-11H2,1-3H3,(H2,18,19,20);1H. The summed E-state index contributed by atoms with van der Waals surface area (Å²) < 4.78 is 5.27. The summed E-state index contributed by atoms with van der Waals surface area (Å²) in [6.45, 7) is 9.51. The van der Waals surface area contributed by atoms with E-state index in [1.165, 1.54) is 0 Å². The third-order valence-corrected chi connectivity index (χ3v) is 3.93. The maximum absolute atomic E-state index is 6.24. The molecular formula is C16H25ClIN3O. The lowest BCUT2D eigenvalue weighted by Gasteiger charge is -2.36. The van der Waals surface area contributed by atoms with Gasteiger partial charge in [0.15, 0.2) is 5.96 Å². The van der Waals surface area contributed by atoms with Crippen molar-refractivity contribution >= 4 is 41.5 Å². The van der Waals surface area contributed by atoms with Crippen LogP contribution in [0.3, 0.4) is 0 Å². The maximum atomic E-state index is 6.24. The molecule has 1 fully saturated rings. The molecule has 0 aliphatic carbocycles. The zero-order valence-corrected chi connectivity index (χ0v) is 16.4. The lowest BCUT2D eigenvalue weighted by atomic mass is 9.89. The Hall–Kier alpha value is -0.530. The van der Waals surface area contributed by atoms with Crippen LogP contribution in [-0.2, 0) is 4.74 Å². The molecule has 1 saturated heterocycles. The van der Waals surface area contributed by atoms with E-state index in [4.69, 9.17) is 16.3 Å². The number of halogens is 2. The largest absolute Gasteiger partial charge is 0.380 e. The number of nitrogens with zero attached hydrogens (tertiary/aromatic N) is 1. The van der Waals surface area contributed by atoms with Crippen LogP contribution in [0.15, 0.2) is 29.3 Å². The van der Waals surface area contributed by atoms with Crippen LogP contribution in [-0.4, -0.2) is 32.3 Å². The Balaban J connectivity index is 0.00000242. The van der Waals surface area contributed by atoms with Gasteiger partial charge in [-0.2, -0.15) is 0 Å². The second kappa shape index (κ2) is 8.93. The number of nitrogens with one attached hydrogen (secondary N) is 2. The van der Waals surface area contributed by atoms with Crippen LogP contribution in [0.1, 0.15) is 32.4 Å². The van der Waals surface area contributed by atoms with Gasteiger partial charge in [0, 0.05) is 17.0 Å². The molecule has 1 aliphatic rings. The molecule has 1 atom stereocenters. The summed E-state index contributed by atoms with van der Waals surface area (Å²) in [5, 5.41) is 7.46. The first-order valence-electron chi connectivity index (χ1n) is 7.41. The van der Waals surface area contributed by atoms with Gasteiger partial charge in [0.05, 0.1) is 25.8 Å². The van der Waals surface area contributed by atoms with E-state index >= 15 is 0 Å². The van der Waals surface area contributed by atoms with Gasteiger partial charge in [0.1, 0.15) is 0 Å². The number of rotatable bonds is 5. The number of benzene rings is 1. The van der Waals surface area contributed by atoms with E-state index in [0.29, 0.717) is 0 Å². The van der Waals surface area contributed by atoms with Crippen LogP contribution in [0.5, 0.6) is 0 Å². The summed E-state index contributed by atoms with van der Waals surface area (Å²) in [5.74, 6) is 0.818. The molecule has 1 heterocycles. The molecule has 0 radical (unpaired) electrons. The molecule has 1 aromatic carbocycles.